The Morgan fingerprint density at radius 1 is 1.23 bits per heavy atom. The first-order chi connectivity index (χ1) is 6.29. The fraction of sp³-hybridized carbons (Fsp3) is 0.125. The lowest BCUT2D eigenvalue weighted by Gasteiger charge is -1.99. The zero-order valence-corrected chi connectivity index (χ0v) is 8.54. The first kappa shape index (κ1) is 8.37. The topological polar surface area (TPSA) is 54.5 Å². The summed E-state index contributed by atoms with van der Waals surface area (Å²) in [5.41, 5.74) is 3.04. The summed E-state index contributed by atoms with van der Waals surface area (Å²) in [5, 5.41) is 14.4. The number of hydrogen-bond donors (Lipinski definition) is 1. The van der Waals surface area contributed by atoms with Gasteiger partial charge in [0.1, 0.15) is 0 Å². The molecule has 0 fully saturated rings. The largest absolute Gasteiger partial charge is 0.277 e. The first-order valence-electron chi connectivity index (χ1n) is 3.75. The summed E-state index contributed by atoms with van der Waals surface area (Å²) in [6.45, 7) is 1.99. The molecule has 4 nitrogen and oxygen atoms in total. The summed E-state index contributed by atoms with van der Waals surface area (Å²) in [4.78, 5) is 0. The van der Waals surface area contributed by atoms with Crippen molar-refractivity contribution in [2.24, 2.45) is 0 Å². The minimum atomic E-state index is 0.912. The fourth-order valence-electron chi connectivity index (χ4n) is 1.11. The zero-order valence-electron chi connectivity index (χ0n) is 6.95. The molecule has 66 valence electrons. The van der Waals surface area contributed by atoms with Gasteiger partial charge in [0.2, 0.25) is 0 Å². The minimum Gasteiger partial charge on any atom is -0.277 e. The molecule has 0 saturated carbocycles. The summed E-state index contributed by atoms with van der Waals surface area (Å²) in [7, 11) is 0. The van der Waals surface area contributed by atoms with Crippen LogP contribution in [0.2, 0.25) is 0 Å². The molecule has 2 heterocycles. The van der Waals surface area contributed by atoms with E-state index in [4.69, 9.17) is 0 Å². The van der Waals surface area contributed by atoms with Crippen LogP contribution in [0.4, 0.5) is 0 Å². The molecule has 13 heavy (non-hydrogen) atoms. The van der Waals surface area contributed by atoms with Crippen LogP contribution in [0.15, 0.2) is 23.1 Å². The molecular weight excluding hydrogens is 232 g/mol. The molecule has 0 aromatic carbocycles. The van der Waals surface area contributed by atoms with Gasteiger partial charge in [-0.1, -0.05) is 0 Å². The van der Waals surface area contributed by atoms with Crippen molar-refractivity contribution in [3.8, 4) is 11.3 Å². The van der Waals surface area contributed by atoms with Crippen molar-refractivity contribution >= 4 is 15.9 Å². The molecule has 2 rings (SSSR count). The third kappa shape index (κ3) is 1.47. The lowest BCUT2D eigenvalue weighted by molar-refractivity contribution is 1.02. The number of nitrogens with zero attached hydrogens (tertiary/aromatic N) is 3. The van der Waals surface area contributed by atoms with Crippen molar-refractivity contribution < 1.29 is 0 Å². The smallest absolute Gasteiger partial charge is 0.0707 e. The number of aromatic amines is 1. The van der Waals surface area contributed by atoms with Gasteiger partial charge in [-0.2, -0.15) is 15.3 Å². The maximum absolute atomic E-state index is 3.95. The van der Waals surface area contributed by atoms with E-state index in [1.54, 1.807) is 18.6 Å². The highest BCUT2D eigenvalue weighted by Gasteiger charge is 2.07. The summed E-state index contributed by atoms with van der Waals surface area (Å²) in [6, 6.07) is 0. The summed E-state index contributed by atoms with van der Waals surface area (Å²) < 4.78 is 0.912. The van der Waals surface area contributed by atoms with Gasteiger partial charge in [0.25, 0.3) is 0 Å². The van der Waals surface area contributed by atoms with E-state index in [1.165, 1.54) is 0 Å². The molecule has 0 spiro atoms. The quantitative estimate of drug-likeness (QED) is 0.827. The molecule has 1 N–H and O–H groups in total. The van der Waals surface area contributed by atoms with E-state index in [-0.39, 0.29) is 0 Å². The highest BCUT2D eigenvalue weighted by Crippen LogP contribution is 2.26. The summed E-state index contributed by atoms with van der Waals surface area (Å²) >= 11 is 3.40. The third-order valence-corrected chi connectivity index (χ3v) is 2.41. The molecule has 0 unspecified atom stereocenters. The number of halogens is 1. The van der Waals surface area contributed by atoms with Crippen LogP contribution in [0.25, 0.3) is 11.3 Å². The first-order valence-corrected chi connectivity index (χ1v) is 4.55. The van der Waals surface area contributed by atoms with E-state index in [0.29, 0.717) is 0 Å². The van der Waals surface area contributed by atoms with Gasteiger partial charge < -0.3 is 0 Å². The molecule has 0 aliphatic heterocycles. The number of nitrogens with one attached hydrogen (secondary N) is 1. The van der Waals surface area contributed by atoms with Crippen molar-refractivity contribution in [2.75, 3.05) is 0 Å². The Labute approximate surface area is 83.5 Å². The van der Waals surface area contributed by atoms with Crippen LogP contribution in [-0.4, -0.2) is 20.4 Å². The van der Waals surface area contributed by atoms with Crippen molar-refractivity contribution in [3.63, 3.8) is 0 Å². The number of hydrogen-bond acceptors (Lipinski definition) is 3. The zero-order chi connectivity index (χ0) is 9.26. The van der Waals surface area contributed by atoms with Crippen molar-refractivity contribution in [2.45, 2.75) is 6.92 Å². The predicted molar refractivity (Wildman–Crippen MR) is 52.1 cm³/mol. The van der Waals surface area contributed by atoms with Gasteiger partial charge in [0.15, 0.2) is 0 Å². The number of aromatic nitrogens is 4. The molecule has 0 aliphatic rings. The monoisotopic (exact) mass is 238 g/mol. The lowest BCUT2D eigenvalue weighted by Crippen LogP contribution is -1.87. The Kier molecular flexibility index (Phi) is 2.10. The van der Waals surface area contributed by atoms with E-state index >= 15 is 0 Å². The standard InChI is InChI=1S/C8H7BrN4/c1-5-2-12-13-8(5)6-3-10-11-4-7(6)9/h2-4H,1H3,(H,12,13). The van der Waals surface area contributed by atoms with Crippen molar-refractivity contribution in [1.29, 1.82) is 0 Å². The van der Waals surface area contributed by atoms with Gasteiger partial charge in [0, 0.05) is 10.0 Å². The SMILES string of the molecule is Cc1cn[nH]c1-c1cnncc1Br. The van der Waals surface area contributed by atoms with Gasteiger partial charge in [-0.15, -0.1) is 0 Å². The Morgan fingerprint density at radius 2 is 2.00 bits per heavy atom. The second-order valence-corrected chi connectivity index (χ2v) is 3.53. The Morgan fingerprint density at radius 3 is 2.62 bits per heavy atom. The van der Waals surface area contributed by atoms with E-state index in [2.05, 4.69) is 36.3 Å². The Bertz CT molecular complexity index is 424. The van der Waals surface area contributed by atoms with E-state index in [0.717, 1.165) is 21.3 Å². The number of rotatable bonds is 1. The maximum Gasteiger partial charge on any atom is 0.0707 e. The highest BCUT2D eigenvalue weighted by atomic mass is 79.9. The maximum atomic E-state index is 3.95. The van der Waals surface area contributed by atoms with Crippen LogP contribution in [-0.2, 0) is 0 Å². The average Bonchev–Trinajstić information content (AvgIpc) is 2.52. The summed E-state index contributed by atoms with van der Waals surface area (Å²) in [5.74, 6) is 0. The molecule has 2 aromatic rings. The number of aryl methyl sites for hydroxylation is 1. The number of H-pyrrole nitrogens is 1. The fourth-order valence-corrected chi connectivity index (χ4v) is 1.50. The van der Waals surface area contributed by atoms with Crippen LogP contribution in [0.3, 0.4) is 0 Å². The minimum absolute atomic E-state index is 0.912. The van der Waals surface area contributed by atoms with E-state index < -0.39 is 0 Å². The molecule has 0 saturated heterocycles. The molecule has 0 radical (unpaired) electrons. The van der Waals surface area contributed by atoms with Crippen LogP contribution in [0, 0.1) is 6.92 Å². The second kappa shape index (κ2) is 3.26. The molecule has 0 aliphatic carbocycles. The third-order valence-electron chi connectivity index (χ3n) is 1.78. The molecule has 5 heteroatoms. The average molecular weight is 239 g/mol. The van der Waals surface area contributed by atoms with Crippen LogP contribution in [0.1, 0.15) is 5.56 Å². The highest BCUT2D eigenvalue weighted by molar-refractivity contribution is 9.10. The van der Waals surface area contributed by atoms with E-state index in [9.17, 15) is 0 Å². The lowest BCUT2D eigenvalue weighted by atomic mass is 10.1. The normalized spacial score (nSPS) is 10.3. The van der Waals surface area contributed by atoms with Crippen molar-refractivity contribution in [3.05, 3.63) is 28.6 Å². The molecule has 0 amide bonds. The molecule has 2 aromatic heterocycles. The van der Waals surface area contributed by atoms with Gasteiger partial charge in [-0.05, 0) is 28.4 Å². The van der Waals surface area contributed by atoms with Gasteiger partial charge in [-0.25, -0.2) is 0 Å². The van der Waals surface area contributed by atoms with E-state index in [1.807, 2.05) is 6.92 Å². The Hall–Kier alpha value is -1.23. The van der Waals surface area contributed by atoms with Crippen LogP contribution < -0.4 is 0 Å². The van der Waals surface area contributed by atoms with Gasteiger partial charge in [0.05, 0.1) is 24.3 Å². The van der Waals surface area contributed by atoms with Gasteiger partial charge in [-0.3, -0.25) is 5.10 Å². The van der Waals surface area contributed by atoms with Crippen LogP contribution in [0.5, 0.6) is 0 Å². The van der Waals surface area contributed by atoms with Crippen molar-refractivity contribution in [1.82, 2.24) is 20.4 Å². The Balaban J connectivity index is 2.59. The molecule has 0 atom stereocenters. The van der Waals surface area contributed by atoms with Crippen LogP contribution >= 0.6 is 15.9 Å². The second-order valence-electron chi connectivity index (χ2n) is 2.68. The predicted octanol–water partition coefficient (Wildman–Crippen LogP) is 1.94. The van der Waals surface area contributed by atoms with Gasteiger partial charge >= 0.3 is 0 Å². The molecular formula is C8H7BrN4. The molecule has 0 bridgehead atoms. The summed E-state index contributed by atoms with van der Waals surface area (Å²) in [6.07, 6.45) is 5.14.